The van der Waals surface area contributed by atoms with Crippen molar-refractivity contribution in [2.24, 2.45) is 15.7 Å². The maximum Gasteiger partial charge on any atom is 0.263 e. The Bertz CT molecular complexity index is 1170. The fourth-order valence-corrected chi connectivity index (χ4v) is 3.75. The molecule has 0 amide bonds. The Hall–Kier alpha value is -3.26. The minimum absolute atomic E-state index is 0.0203. The molecule has 1 unspecified atom stereocenters. The summed E-state index contributed by atoms with van der Waals surface area (Å²) in [6.07, 6.45) is -0.209. The molecule has 1 saturated heterocycles. The smallest absolute Gasteiger partial charge is 0.263 e. The maximum absolute atomic E-state index is 13.4. The van der Waals surface area contributed by atoms with Gasteiger partial charge in [-0.1, -0.05) is 17.7 Å². The molecular formula is C21H25ClN8O2. The van der Waals surface area contributed by atoms with E-state index < -0.39 is 6.04 Å². The molecule has 1 aliphatic rings. The van der Waals surface area contributed by atoms with Gasteiger partial charge in [-0.25, -0.2) is 9.98 Å². The summed E-state index contributed by atoms with van der Waals surface area (Å²) in [6, 6.07) is 6.57. The minimum Gasteiger partial charge on any atom is -0.383 e. The third-order valence-corrected chi connectivity index (χ3v) is 5.41. The van der Waals surface area contributed by atoms with Crippen LogP contribution in [0.4, 0.5) is 0 Å². The van der Waals surface area contributed by atoms with E-state index in [1.165, 1.54) is 7.05 Å². The van der Waals surface area contributed by atoms with Gasteiger partial charge in [0.1, 0.15) is 29.1 Å². The van der Waals surface area contributed by atoms with E-state index in [-0.39, 0.29) is 35.4 Å². The fourth-order valence-electron chi connectivity index (χ4n) is 3.50. The molecule has 1 aromatic heterocycles. The zero-order chi connectivity index (χ0) is 23.3. The SMILES string of the molecule is C=N/C(N[C@@H](C)c1nc2cccc(Cl)c2c(=O)n1CC1CNCCO1)=C(/C#N)C(N)=NC. The first kappa shape index (κ1) is 23.4. The molecule has 1 aliphatic heterocycles. The molecule has 168 valence electrons. The number of fused-ring (bicyclic) bond motifs is 1. The van der Waals surface area contributed by atoms with Gasteiger partial charge in [0, 0.05) is 20.1 Å². The number of halogens is 1. The number of aromatic nitrogens is 2. The molecule has 0 spiro atoms. The average molecular weight is 457 g/mol. The molecule has 0 saturated carbocycles. The van der Waals surface area contributed by atoms with Crippen molar-refractivity contribution in [1.82, 2.24) is 20.2 Å². The quantitative estimate of drug-likeness (QED) is 0.321. The lowest BCUT2D eigenvalue weighted by atomic mass is 10.2. The molecule has 3 rings (SSSR count). The third-order valence-electron chi connectivity index (χ3n) is 5.10. The summed E-state index contributed by atoms with van der Waals surface area (Å²) < 4.78 is 7.35. The number of hydrogen-bond donors (Lipinski definition) is 3. The Morgan fingerprint density at radius 1 is 1.59 bits per heavy atom. The monoisotopic (exact) mass is 456 g/mol. The molecule has 2 heterocycles. The van der Waals surface area contributed by atoms with Crippen LogP contribution in [-0.4, -0.2) is 55.0 Å². The Morgan fingerprint density at radius 2 is 2.38 bits per heavy atom. The zero-order valence-corrected chi connectivity index (χ0v) is 18.7. The first-order valence-electron chi connectivity index (χ1n) is 10.0. The van der Waals surface area contributed by atoms with Crippen molar-refractivity contribution in [3.05, 3.63) is 50.8 Å². The Balaban J connectivity index is 2.12. The molecule has 10 nitrogen and oxygen atoms in total. The topological polar surface area (TPSA) is 143 Å². The van der Waals surface area contributed by atoms with Crippen molar-refractivity contribution in [3.63, 3.8) is 0 Å². The molecular weight excluding hydrogens is 432 g/mol. The number of aliphatic imine (C=N–C) groups is 2. The predicted molar refractivity (Wildman–Crippen MR) is 125 cm³/mol. The van der Waals surface area contributed by atoms with Crippen LogP contribution in [0.3, 0.4) is 0 Å². The fraction of sp³-hybridized carbons (Fsp3) is 0.381. The second-order valence-electron chi connectivity index (χ2n) is 7.19. The molecule has 0 aliphatic carbocycles. The summed E-state index contributed by atoms with van der Waals surface area (Å²) in [4.78, 5) is 25.9. The number of benzene rings is 1. The second kappa shape index (κ2) is 10.4. The summed E-state index contributed by atoms with van der Waals surface area (Å²) in [5, 5.41) is 16.5. The van der Waals surface area contributed by atoms with Gasteiger partial charge in [0.25, 0.3) is 5.56 Å². The summed E-state index contributed by atoms with van der Waals surface area (Å²) in [5.74, 6) is 0.599. The highest BCUT2D eigenvalue weighted by molar-refractivity contribution is 6.35. The van der Waals surface area contributed by atoms with Crippen LogP contribution in [0.2, 0.25) is 5.02 Å². The van der Waals surface area contributed by atoms with E-state index in [2.05, 4.69) is 27.3 Å². The van der Waals surface area contributed by atoms with E-state index in [4.69, 9.17) is 27.1 Å². The molecule has 32 heavy (non-hydrogen) atoms. The highest BCUT2D eigenvalue weighted by atomic mass is 35.5. The van der Waals surface area contributed by atoms with Gasteiger partial charge >= 0.3 is 0 Å². The van der Waals surface area contributed by atoms with Crippen LogP contribution in [-0.2, 0) is 11.3 Å². The van der Waals surface area contributed by atoms with Gasteiger partial charge in [-0.2, -0.15) is 5.26 Å². The van der Waals surface area contributed by atoms with Gasteiger partial charge < -0.3 is 21.1 Å². The number of ether oxygens (including phenoxy) is 1. The Labute approximate surface area is 190 Å². The van der Waals surface area contributed by atoms with Crippen LogP contribution in [0.5, 0.6) is 0 Å². The maximum atomic E-state index is 13.4. The average Bonchev–Trinajstić information content (AvgIpc) is 2.80. The highest BCUT2D eigenvalue weighted by Gasteiger charge is 2.23. The van der Waals surface area contributed by atoms with E-state index in [1.807, 2.05) is 6.07 Å². The number of nitrogens with one attached hydrogen (secondary N) is 2. The first-order chi connectivity index (χ1) is 15.4. The van der Waals surface area contributed by atoms with Crippen molar-refractivity contribution in [2.75, 3.05) is 26.7 Å². The summed E-state index contributed by atoms with van der Waals surface area (Å²) in [7, 11) is 1.47. The van der Waals surface area contributed by atoms with E-state index in [0.717, 1.165) is 6.54 Å². The molecule has 2 aromatic rings. The lowest BCUT2D eigenvalue weighted by Gasteiger charge is -2.27. The van der Waals surface area contributed by atoms with E-state index in [9.17, 15) is 10.1 Å². The highest BCUT2D eigenvalue weighted by Crippen LogP contribution is 2.22. The Morgan fingerprint density at radius 3 is 3.00 bits per heavy atom. The second-order valence-corrected chi connectivity index (χ2v) is 7.59. The van der Waals surface area contributed by atoms with Gasteiger partial charge in [-0.05, 0) is 25.8 Å². The molecule has 2 atom stereocenters. The van der Waals surface area contributed by atoms with Gasteiger partial charge in [-0.3, -0.25) is 14.4 Å². The van der Waals surface area contributed by atoms with E-state index >= 15 is 0 Å². The summed E-state index contributed by atoms with van der Waals surface area (Å²) in [6.45, 7) is 7.52. The lowest BCUT2D eigenvalue weighted by molar-refractivity contribution is 0.0168. The number of nitriles is 1. The number of amidine groups is 1. The number of rotatable bonds is 7. The van der Waals surface area contributed by atoms with Crippen molar-refractivity contribution >= 4 is 35.1 Å². The van der Waals surface area contributed by atoms with Crippen molar-refractivity contribution in [1.29, 1.82) is 5.26 Å². The summed E-state index contributed by atoms with van der Waals surface area (Å²) in [5.41, 5.74) is 6.07. The van der Waals surface area contributed by atoms with Gasteiger partial charge in [0.15, 0.2) is 0 Å². The number of nitrogens with zero attached hydrogens (tertiary/aromatic N) is 5. The third kappa shape index (κ3) is 4.80. The standard InChI is InChI=1S/C21H25ClN8O2/c1-12(28-19(26-3)14(9-23)18(24)25-2)20-29-16-6-4-5-15(22)17(16)21(31)30(20)11-13-10-27-7-8-32-13/h4-6,12-13,27-28H,3,7-8,10-11H2,1-2H3,(H2,24,25)/b19-14+/t12-,13?/m0/s1. The van der Waals surface area contributed by atoms with E-state index in [1.54, 1.807) is 29.7 Å². The van der Waals surface area contributed by atoms with E-state index in [0.29, 0.717) is 34.9 Å². The molecule has 0 radical (unpaired) electrons. The minimum atomic E-state index is -0.531. The van der Waals surface area contributed by atoms with Gasteiger partial charge in [0.2, 0.25) is 0 Å². The van der Waals surface area contributed by atoms with Crippen LogP contribution in [0.1, 0.15) is 18.8 Å². The lowest BCUT2D eigenvalue weighted by Crippen LogP contribution is -2.43. The number of hydrogen-bond acceptors (Lipinski definition) is 8. The molecule has 11 heteroatoms. The van der Waals surface area contributed by atoms with Crippen molar-refractivity contribution in [3.8, 4) is 6.07 Å². The van der Waals surface area contributed by atoms with Crippen LogP contribution in [0.15, 0.2) is 44.4 Å². The predicted octanol–water partition coefficient (Wildman–Crippen LogP) is 1.11. The van der Waals surface area contributed by atoms with Crippen LogP contribution in [0.25, 0.3) is 10.9 Å². The molecule has 1 aromatic carbocycles. The van der Waals surface area contributed by atoms with Gasteiger partial charge in [0.05, 0.1) is 41.2 Å². The van der Waals surface area contributed by atoms with Crippen LogP contribution in [0, 0.1) is 11.3 Å². The molecule has 4 N–H and O–H groups in total. The Kier molecular flexibility index (Phi) is 7.58. The largest absolute Gasteiger partial charge is 0.383 e. The molecule has 0 bridgehead atoms. The van der Waals surface area contributed by atoms with Crippen molar-refractivity contribution in [2.45, 2.75) is 25.6 Å². The van der Waals surface area contributed by atoms with Crippen molar-refractivity contribution < 1.29 is 4.74 Å². The van der Waals surface area contributed by atoms with Crippen LogP contribution >= 0.6 is 11.6 Å². The normalized spacial score (nSPS) is 18.6. The number of morpholine rings is 1. The zero-order valence-electron chi connectivity index (χ0n) is 17.9. The molecule has 1 fully saturated rings. The van der Waals surface area contributed by atoms with Crippen LogP contribution < -0.4 is 21.9 Å². The van der Waals surface area contributed by atoms with Gasteiger partial charge in [-0.15, -0.1) is 0 Å². The first-order valence-corrected chi connectivity index (χ1v) is 10.4. The summed E-state index contributed by atoms with van der Waals surface area (Å²) >= 11 is 6.32. The number of nitrogens with two attached hydrogens (primary N) is 1.